The molecule has 1 aliphatic rings. The molecular weight excluding hydrogens is 206 g/mol. The molecule has 1 aromatic carbocycles. The lowest BCUT2D eigenvalue weighted by molar-refractivity contribution is 0.962. The van der Waals surface area contributed by atoms with Gasteiger partial charge in [0.2, 0.25) is 0 Å². The Morgan fingerprint density at radius 2 is 2.13 bits per heavy atom. The van der Waals surface area contributed by atoms with Gasteiger partial charge in [-0.3, -0.25) is 5.43 Å². The highest BCUT2D eigenvalue weighted by atomic mass is 32.1. The van der Waals surface area contributed by atoms with Gasteiger partial charge in [0.1, 0.15) is 0 Å². The first-order valence-corrected chi connectivity index (χ1v) is 5.34. The summed E-state index contributed by atoms with van der Waals surface area (Å²) in [7, 11) is 1.78. The average molecular weight is 219 g/mol. The van der Waals surface area contributed by atoms with Gasteiger partial charge in [0.15, 0.2) is 5.11 Å². The summed E-state index contributed by atoms with van der Waals surface area (Å²) in [6.07, 6.45) is 2.06. The van der Waals surface area contributed by atoms with Crippen molar-refractivity contribution in [2.24, 2.45) is 5.10 Å². The minimum Gasteiger partial charge on any atom is -0.364 e. The van der Waals surface area contributed by atoms with Crippen LogP contribution in [0.5, 0.6) is 0 Å². The molecule has 0 unspecified atom stereocenters. The van der Waals surface area contributed by atoms with Crippen LogP contribution in [0.1, 0.15) is 17.5 Å². The number of aryl methyl sites for hydroxylation is 1. The predicted octanol–water partition coefficient (Wildman–Crippen LogP) is 1.43. The summed E-state index contributed by atoms with van der Waals surface area (Å²) in [5.41, 5.74) is 6.52. The van der Waals surface area contributed by atoms with Gasteiger partial charge in [-0.05, 0) is 30.6 Å². The molecule has 3 nitrogen and oxygen atoms in total. The van der Waals surface area contributed by atoms with Crippen molar-refractivity contribution in [1.82, 2.24) is 10.7 Å². The first-order valence-electron chi connectivity index (χ1n) is 4.94. The summed E-state index contributed by atoms with van der Waals surface area (Å²) in [4.78, 5) is 0. The molecule has 0 atom stereocenters. The Kier molecular flexibility index (Phi) is 2.97. The van der Waals surface area contributed by atoms with Crippen molar-refractivity contribution in [3.05, 3.63) is 35.4 Å². The van der Waals surface area contributed by atoms with Crippen LogP contribution in [0.4, 0.5) is 0 Å². The summed E-state index contributed by atoms with van der Waals surface area (Å²) in [6.45, 7) is 0. The van der Waals surface area contributed by atoms with Crippen LogP contribution in [0.25, 0.3) is 0 Å². The molecule has 0 aliphatic heterocycles. The van der Waals surface area contributed by atoms with Crippen LogP contribution in [0.15, 0.2) is 29.4 Å². The van der Waals surface area contributed by atoms with Crippen molar-refractivity contribution in [3.63, 3.8) is 0 Å². The van der Waals surface area contributed by atoms with Crippen molar-refractivity contribution in [2.45, 2.75) is 12.8 Å². The van der Waals surface area contributed by atoms with Gasteiger partial charge in [-0.15, -0.1) is 0 Å². The fourth-order valence-corrected chi connectivity index (χ4v) is 1.74. The zero-order valence-electron chi connectivity index (χ0n) is 8.58. The molecule has 15 heavy (non-hydrogen) atoms. The van der Waals surface area contributed by atoms with Gasteiger partial charge < -0.3 is 5.32 Å². The highest BCUT2D eigenvalue weighted by Gasteiger charge is 2.16. The zero-order valence-corrected chi connectivity index (χ0v) is 9.40. The minimum atomic E-state index is 0.548. The van der Waals surface area contributed by atoms with Crippen molar-refractivity contribution in [3.8, 4) is 0 Å². The number of hydrogen-bond donors (Lipinski definition) is 2. The van der Waals surface area contributed by atoms with Gasteiger partial charge >= 0.3 is 0 Å². The maximum atomic E-state index is 4.96. The number of fused-ring (bicyclic) bond motifs is 1. The van der Waals surface area contributed by atoms with Crippen molar-refractivity contribution < 1.29 is 0 Å². The lowest BCUT2D eigenvalue weighted by Crippen LogP contribution is -2.29. The van der Waals surface area contributed by atoms with E-state index in [9.17, 15) is 0 Å². The van der Waals surface area contributed by atoms with E-state index in [0.717, 1.165) is 18.6 Å². The third-order valence-corrected chi connectivity index (χ3v) is 2.77. The van der Waals surface area contributed by atoms with Crippen molar-refractivity contribution >= 4 is 23.0 Å². The first-order chi connectivity index (χ1) is 7.31. The number of thiocarbonyl (C=S) groups is 1. The van der Waals surface area contributed by atoms with E-state index >= 15 is 0 Å². The lowest BCUT2D eigenvalue weighted by Gasteiger charge is -2.03. The molecule has 0 radical (unpaired) electrons. The minimum absolute atomic E-state index is 0.548. The molecule has 0 amide bonds. The molecule has 1 aromatic rings. The van der Waals surface area contributed by atoms with E-state index in [1.54, 1.807) is 7.05 Å². The van der Waals surface area contributed by atoms with Crippen LogP contribution in [0, 0.1) is 0 Å². The summed E-state index contributed by atoms with van der Waals surface area (Å²) in [5, 5.41) is 7.67. The Bertz CT molecular complexity index is 412. The van der Waals surface area contributed by atoms with Crippen LogP contribution in [-0.4, -0.2) is 17.9 Å². The van der Waals surface area contributed by atoms with E-state index < -0.39 is 0 Å². The Balaban J connectivity index is 2.17. The molecule has 1 aliphatic carbocycles. The molecule has 0 spiro atoms. The Hall–Kier alpha value is -1.42. The van der Waals surface area contributed by atoms with E-state index in [4.69, 9.17) is 12.2 Å². The van der Waals surface area contributed by atoms with Gasteiger partial charge in [0.25, 0.3) is 0 Å². The monoisotopic (exact) mass is 219 g/mol. The molecule has 0 fully saturated rings. The first kappa shape index (κ1) is 10.1. The number of hydrazone groups is 1. The van der Waals surface area contributed by atoms with Crippen LogP contribution < -0.4 is 10.7 Å². The van der Waals surface area contributed by atoms with Crippen LogP contribution in [-0.2, 0) is 6.42 Å². The second-order valence-corrected chi connectivity index (χ2v) is 3.81. The number of rotatable bonds is 1. The van der Waals surface area contributed by atoms with Gasteiger partial charge in [0.05, 0.1) is 5.71 Å². The van der Waals surface area contributed by atoms with Gasteiger partial charge in [-0.1, -0.05) is 24.3 Å². The zero-order chi connectivity index (χ0) is 10.7. The maximum absolute atomic E-state index is 4.96. The number of nitrogens with zero attached hydrogens (tertiary/aromatic N) is 1. The summed E-state index contributed by atoms with van der Waals surface area (Å²) in [6, 6.07) is 8.35. The van der Waals surface area contributed by atoms with E-state index in [-0.39, 0.29) is 0 Å². The second-order valence-electron chi connectivity index (χ2n) is 3.41. The summed E-state index contributed by atoms with van der Waals surface area (Å²) in [5.74, 6) is 0. The third kappa shape index (κ3) is 2.15. The Labute approximate surface area is 94.6 Å². The quantitative estimate of drug-likeness (QED) is 0.554. The van der Waals surface area contributed by atoms with Crippen LogP contribution >= 0.6 is 12.2 Å². The highest BCUT2D eigenvalue weighted by molar-refractivity contribution is 7.80. The number of nitrogens with one attached hydrogen (secondary N) is 2. The fraction of sp³-hybridized carbons (Fsp3) is 0.273. The molecular formula is C11H13N3S. The largest absolute Gasteiger partial charge is 0.364 e. The topological polar surface area (TPSA) is 36.4 Å². The molecule has 2 rings (SSSR count). The van der Waals surface area contributed by atoms with Gasteiger partial charge in [-0.25, -0.2) is 0 Å². The van der Waals surface area contributed by atoms with Gasteiger partial charge in [-0.2, -0.15) is 5.10 Å². The molecule has 2 N–H and O–H groups in total. The molecule has 0 heterocycles. The Morgan fingerprint density at radius 3 is 2.93 bits per heavy atom. The molecule has 0 bridgehead atoms. The Morgan fingerprint density at radius 1 is 1.33 bits per heavy atom. The van der Waals surface area contributed by atoms with Crippen molar-refractivity contribution in [1.29, 1.82) is 0 Å². The molecule has 0 aromatic heterocycles. The highest BCUT2D eigenvalue weighted by Crippen LogP contribution is 2.21. The van der Waals surface area contributed by atoms with E-state index in [1.165, 1.54) is 11.1 Å². The van der Waals surface area contributed by atoms with E-state index in [1.807, 2.05) is 6.07 Å². The van der Waals surface area contributed by atoms with Gasteiger partial charge in [0, 0.05) is 12.6 Å². The van der Waals surface area contributed by atoms with E-state index in [0.29, 0.717) is 5.11 Å². The average Bonchev–Trinajstić information content (AvgIpc) is 2.69. The molecule has 78 valence electrons. The lowest BCUT2D eigenvalue weighted by atomic mass is 10.1. The predicted molar refractivity (Wildman–Crippen MR) is 66.1 cm³/mol. The molecule has 0 saturated heterocycles. The van der Waals surface area contributed by atoms with Crippen molar-refractivity contribution in [2.75, 3.05) is 7.05 Å². The summed E-state index contributed by atoms with van der Waals surface area (Å²) < 4.78 is 0. The third-order valence-electron chi connectivity index (χ3n) is 2.48. The van der Waals surface area contributed by atoms with Crippen LogP contribution in [0.3, 0.4) is 0 Å². The van der Waals surface area contributed by atoms with E-state index in [2.05, 4.69) is 34.0 Å². The number of benzene rings is 1. The summed E-state index contributed by atoms with van der Waals surface area (Å²) >= 11 is 4.96. The SMILES string of the molecule is CNC(=S)N/N=C1\CCc2ccccc21. The second kappa shape index (κ2) is 4.40. The number of hydrogen-bond acceptors (Lipinski definition) is 2. The smallest absolute Gasteiger partial charge is 0.186 e. The molecule has 0 saturated carbocycles. The standard InChI is InChI=1S/C11H13N3S/c1-12-11(15)14-13-10-7-6-8-4-2-3-5-9(8)10/h2-5H,6-7H2,1H3,(H2,12,14,15)/b13-10+. The fourth-order valence-electron chi connectivity index (χ4n) is 1.70. The van der Waals surface area contributed by atoms with Crippen LogP contribution in [0.2, 0.25) is 0 Å². The molecule has 4 heteroatoms. The normalized spacial score (nSPS) is 16.2. The maximum Gasteiger partial charge on any atom is 0.186 e.